The molecule has 0 amide bonds. The van der Waals surface area contributed by atoms with E-state index in [1.807, 2.05) is 0 Å². The van der Waals surface area contributed by atoms with Gasteiger partial charge >= 0.3 is 0 Å². The molecule has 1 N–H and O–H groups in total. The van der Waals surface area contributed by atoms with Crippen molar-refractivity contribution in [3.63, 3.8) is 0 Å². The summed E-state index contributed by atoms with van der Waals surface area (Å²) >= 11 is 0. The van der Waals surface area contributed by atoms with Crippen molar-refractivity contribution in [2.24, 2.45) is 0 Å². The molecule has 0 atom stereocenters. The number of hydrogen-bond acceptors (Lipinski definition) is 6. The summed E-state index contributed by atoms with van der Waals surface area (Å²) in [4.78, 5) is 0. The summed E-state index contributed by atoms with van der Waals surface area (Å²) in [5.74, 6) is -0.424. The second-order valence-electron chi connectivity index (χ2n) is 2.97. The monoisotopic (exact) mass is 236 g/mol. The van der Waals surface area contributed by atoms with Gasteiger partial charge in [-0.15, -0.1) is 0 Å². The molecular weight excluding hydrogens is 232 g/mol. The van der Waals surface area contributed by atoms with Crippen LogP contribution in [0.15, 0.2) is 21.6 Å². The molecule has 1 heterocycles. The Bertz CT molecular complexity index is 664. The van der Waals surface area contributed by atoms with Gasteiger partial charge in [-0.3, -0.25) is 0 Å². The van der Waals surface area contributed by atoms with Crippen molar-refractivity contribution in [1.82, 2.24) is 0 Å². The SMILES string of the molecule is N#CC(C#N)=Cc1cc(C=C(C#N)C#N)c(O)o1. The van der Waals surface area contributed by atoms with Crippen LogP contribution in [-0.2, 0) is 0 Å². The zero-order valence-corrected chi connectivity index (χ0v) is 8.88. The normalized spacial score (nSPS) is 8.00. The van der Waals surface area contributed by atoms with Crippen molar-refractivity contribution in [2.45, 2.75) is 0 Å². The molecule has 0 aliphatic heterocycles. The average molecular weight is 236 g/mol. The third kappa shape index (κ3) is 2.76. The average Bonchev–Trinajstić information content (AvgIpc) is 2.73. The Labute approximate surface area is 102 Å². The van der Waals surface area contributed by atoms with Gasteiger partial charge in [0, 0.05) is 6.08 Å². The van der Waals surface area contributed by atoms with Crippen LogP contribution >= 0.6 is 0 Å². The smallest absolute Gasteiger partial charge is 0.289 e. The van der Waals surface area contributed by atoms with Crippen LogP contribution in [0, 0.1) is 45.3 Å². The summed E-state index contributed by atoms with van der Waals surface area (Å²) in [7, 11) is 0. The summed E-state index contributed by atoms with van der Waals surface area (Å²) in [6, 6.07) is 7.82. The Morgan fingerprint density at radius 1 is 1.00 bits per heavy atom. The lowest BCUT2D eigenvalue weighted by molar-refractivity contribution is 0.329. The zero-order valence-electron chi connectivity index (χ0n) is 8.88. The molecule has 0 bridgehead atoms. The first-order chi connectivity index (χ1) is 8.64. The quantitative estimate of drug-likeness (QED) is 0.780. The van der Waals surface area contributed by atoms with Gasteiger partial charge in [0.05, 0.1) is 5.56 Å². The Balaban J connectivity index is 3.22. The van der Waals surface area contributed by atoms with Gasteiger partial charge in [-0.2, -0.15) is 21.0 Å². The van der Waals surface area contributed by atoms with Crippen molar-refractivity contribution < 1.29 is 9.52 Å². The molecule has 0 saturated heterocycles. The Kier molecular flexibility index (Phi) is 3.89. The number of aromatic hydroxyl groups is 1. The van der Waals surface area contributed by atoms with Gasteiger partial charge in [0.25, 0.3) is 5.95 Å². The number of nitriles is 4. The van der Waals surface area contributed by atoms with Gasteiger partial charge in [0.15, 0.2) is 0 Å². The standard InChI is InChI=1S/C12H4N4O2/c13-4-8(5-14)1-10-3-11(18-12(10)17)2-9(6-15)7-16/h1-3,17H. The third-order valence-electron chi connectivity index (χ3n) is 1.83. The van der Waals surface area contributed by atoms with E-state index >= 15 is 0 Å². The van der Waals surface area contributed by atoms with Gasteiger partial charge in [-0.1, -0.05) is 0 Å². The number of allylic oxidation sites excluding steroid dienone is 2. The molecule has 0 aliphatic rings. The van der Waals surface area contributed by atoms with Gasteiger partial charge in [-0.25, -0.2) is 0 Å². The highest BCUT2D eigenvalue weighted by Crippen LogP contribution is 2.25. The molecular formula is C12H4N4O2. The van der Waals surface area contributed by atoms with Crippen LogP contribution < -0.4 is 0 Å². The van der Waals surface area contributed by atoms with Crippen LogP contribution in [0.5, 0.6) is 5.95 Å². The molecule has 0 spiro atoms. The van der Waals surface area contributed by atoms with E-state index in [-0.39, 0.29) is 22.5 Å². The highest BCUT2D eigenvalue weighted by molar-refractivity contribution is 5.68. The molecule has 0 radical (unpaired) electrons. The fraction of sp³-hybridized carbons (Fsp3) is 0. The lowest BCUT2D eigenvalue weighted by atomic mass is 10.2. The van der Waals surface area contributed by atoms with E-state index in [1.165, 1.54) is 6.07 Å². The molecule has 1 aromatic rings. The zero-order chi connectivity index (χ0) is 13.5. The molecule has 1 aromatic heterocycles. The Morgan fingerprint density at radius 2 is 1.50 bits per heavy atom. The van der Waals surface area contributed by atoms with E-state index in [0.29, 0.717) is 0 Å². The molecule has 1 rings (SSSR count). The molecule has 0 aliphatic carbocycles. The lowest BCUT2D eigenvalue weighted by Crippen LogP contribution is -1.73. The van der Waals surface area contributed by atoms with E-state index in [0.717, 1.165) is 12.2 Å². The number of furan rings is 1. The third-order valence-corrected chi connectivity index (χ3v) is 1.83. The molecule has 18 heavy (non-hydrogen) atoms. The number of rotatable bonds is 2. The van der Waals surface area contributed by atoms with Crippen LogP contribution in [0.4, 0.5) is 0 Å². The van der Waals surface area contributed by atoms with Crippen molar-refractivity contribution >= 4 is 12.2 Å². The van der Waals surface area contributed by atoms with E-state index in [2.05, 4.69) is 0 Å². The highest BCUT2D eigenvalue weighted by atomic mass is 16.5. The molecule has 6 nitrogen and oxygen atoms in total. The summed E-state index contributed by atoms with van der Waals surface area (Å²) in [6.45, 7) is 0. The van der Waals surface area contributed by atoms with Crippen molar-refractivity contribution in [3.05, 3.63) is 28.5 Å². The van der Waals surface area contributed by atoms with Crippen molar-refractivity contribution in [1.29, 1.82) is 21.0 Å². The summed E-state index contributed by atoms with van der Waals surface area (Å²) in [5.41, 5.74) is -0.280. The Morgan fingerprint density at radius 3 is 2.00 bits per heavy atom. The minimum atomic E-state index is -0.500. The van der Waals surface area contributed by atoms with Crippen LogP contribution in [0.3, 0.4) is 0 Å². The maximum atomic E-state index is 9.40. The second-order valence-corrected chi connectivity index (χ2v) is 2.97. The largest absolute Gasteiger partial charge is 0.480 e. The second kappa shape index (κ2) is 5.56. The van der Waals surface area contributed by atoms with Gasteiger partial charge in [0.1, 0.15) is 41.2 Å². The lowest BCUT2D eigenvalue weighted by Gasteiger charge is -1.85. The Hall–Kier alpha value is -3.48. The topological polar surface area (TPSA) is 129 Å². The highest BCUT2D eigenvalue weighted by Gasteiger charge is 2.08. The fourth-order valence-electron chi connectivity index (χ4n) is 1.07. The van der Waals surface area contributed by atoms with Crippen LogP contribution in [-0.4, -0.2) is 5.11 Å². The van der Waals surface area contributed by atoms with E-state index in [9.17, 15) is 5.11 Å². The molecule has 6 heteroatoms. The minimum Gasteiger partial charge on any atom is -0.480 e. The molecule has 0 aromatic carbocycles. The maximum Gasteiger partial charge on any atom is 0.289 e. The summed E-state index contributed by atoms with van der Waals surface area (Å²) < 4.78 is 4.85. The molecule has 0 saturated carbocycles. The van der Waals surface area contributed by atoms with Crippen molar-refractivity contribution in [2.75, 3.05) is 0 Å². The van der Waals surface area contributed by atoms with Crippen LogP contribution in [0.25, 0.3) is 12.2 Å². The van der Waals surface area contributed by atoms with E-state index < -0.39 is 5.95 Å². The van der Waals surface area contributed by atoms with Crippen LogP contribution in [0.1, 0.15) is 11.3 Å². The van der Waals surface area contributed by atoms with Crippen LogP contribution in [0.2, 0.25) is 0 Å². The maximum absolute atomic E-state index is 9.40. The summed E-state index contributed by atoms with van der Waals surface area (Å²) in [5, 5.41) is 43.6. The van der Waals surface area contributed by atoms with E-state index in [1.54, 1.807) is 24.3 Å². The number of nitrogens with zero attached hydrogens (tertiary/aromatic N) is 4. The van der Waals surface area contributed by atoms with Gasteiger partial charge in [-0.05, 0) is 12.1 Å². The first-order valence-corrected chi connectivity index (χ1v) is 4.51. The first-order valence-electron chi connectivity index (χ1n) is 4.51. The van der Waals surface area contributed by atoms with Crippen molar-refractivity contribution in [3.8, 4) is 30.2 Å². The van der Waals surface area contributed by atoms with Gasteiger partial charge < -0.3 is 9.52 Å². The molecule has 84 valence electrons. The summed E-state index contributed by atoms with van der Waals surface area (Å²) in [6.07, 6.45) is 2.27. The predicted molar refractivity (Wildman–Crippen MR) is 58.8 cm³/mol. The van der Waals surface area contributed by atoms with Gasteiger partial charge in [0.2, 0.25) is 0 Å². The first kappa shape index (κ1) is 12.6. The fourth-order valence-corrected chi connectivity index (χ4v) is 1.07. The molecule has 0 fully saturated rings. The molecule has 0 unspecified atom stereocenters. The predicted octanol–water partition coefficient (Wildman–Crippen LogP) is 1.85. The minimum absolute atomic E-state index is 0.0760. The van der Waals surface area contributed by atoms with E-state index in [4.69, 9.17) is 25.5 Å². The number of hydrogen-bond donors (Lipinski definition) is 1.